The Kier molecular flexibility index (Phi) is 11.2. The molecule has 0 fully saturated rings. The molecule has 11 nitrogen and oxygen atoms in total. The number of carbonyl (C=O) groups is 1. The minimum Gasteiger partial charge on any atom is -0.490 e. The van der Waals surface area contributed by atoms with Gasteiger partial charge in [-0.15, -0.1) is 0 Å². The van der Waals surface area contributed by atoms with Gasteiger partial charge in [0, 0.05) is 38.3 Å². The number of nitrogens with one attached hydrogen (secondary N) is 1. The molecule has 0 saturated carbocycles. The summed E-state index contributed by atoms with van der Waals surface area (Å²) >= 11 is 0. The molecule has 13 heteroatoms. The van der Waals surface area contributed by atoms with E-state index in [1.807, 2.05) is 13.8 Å². The predicted molar refractivity (Wildman–Crippen MR) is 143 cm³/mol. The van der Waals surface area contributed by atoms with Crippen LogP contribution < -0.4 is 9.46 Å². The third kappa shape index (κ3) is 9.71. The van der Waals surface area contributed by atoms with E-state index in [9.17, 15) is 26.7 Å². The van der Waals surface area contributed by atoms with E-state index in [-0.39, 0.29) is 43.0 Å². The Labute approximate surface area is 221 Å². The van der Waals surface area contributed by atoms with Gasteiger partial charge in [-0.05, 0) is 51.3 Å². The molecule has 0 saturated heterocycles. The van der Waals surface area contributed by atoms with Crippen LogP contribution in [0.15, 0.2) is 18.2 Å². The van der Waals surface area contributed by atoms with Crippen LogP contribution in [0.3, 0.4) is 0 Å². The highest BCUT2D eigenvalue weighted by atomic mass is 32.2. The van der Waals surface area contributed by atoms with Crippen molar-refractivity contribution in [2.75, 3.05) is 50.6 Å². The summed E-state index contributed by atoms with van der Waals surface area (Å²) in [6.45, 7) is 5.88. The number of ether oxygens (including phenoxy) is 2. The summed E-state index contributed by atoms with van der Waals surface area (Å²) < 4.78 is 63.6. The van der Waals surface area contributed by atoms with E-state index in [0.29, 0.717) is 18.8 Å². The van der Waals surface area contributed by atoms with Gasteiger partial charge in [-0.3, -0.25) is 9.52 Å². The van der Waals surface area contributed by atoms with Gasteiger partial charge in [0.15, 0.2) is 0 Å². The molecule has 1 aliphatic heterocycles. The number of aliphatic hydroxyl groups is 1. The van der Waals surface area contributed by atoms with Gasteiger partial charge in [-0.25, -0.2) is 21.1 Å². The number of sulfonamides is 2. The van der Waals surface area contributed by atoms with E-state index in [2.05, 4.69) is 4.72 Å². The number of anilines is 1. The molecule has 1 amide bonds. The molecule has 0 unspecified atom stereocenters. The van der Waals surface area contributed by atoms with Gasteiger partial charge in [-0.2, -0.15) is 0 Å². The fraction of sp³-hybridized carbons (Fsp3) is 0.708. The van der Waals surface area contributed by atoms with Crippen LogP contribution in [-0.2, 0) is 24.8 Å². The normalized spacial score (nSPS) is 23.6. The number of benzene rings is 1. The fourth-order valence-electron chi connectivity index (χ4n) is 4.05. The van der Waals surface area contributed by atoms with Crippen LogP contribution in [0.4, 0.5) is 5.69 Å². The van der Waals surface area contributed by atoms with Crippen LogP contribution in [0.25, 0.3) is 0 Å². The second-order valence-electron chi connectivity index (χ2n) is 9.93. The van der Waals surface area contributed by atoms with Crippen LogP contribution in [0.1, 0.15) is 50.4 Å². The number of likely N-dealkylation sites (N-methyl/N-ethyl adjacent to an activating group) is 1. The first-order chi connectivity index (χ1) is 17.1. The van der Waals surface area contributed by atoms with E-state index in [0.717, 1.165) is 25.4 Å². The van der Waals surface area contributed by atoms with Crippen molar-refractivity contribution < 1.29 is 36.2 Å². The third-order valence-electron chi connectivity index (χ3n) is 6.36. The number of hydrogen-bond acceptors (Lipinski definition) is 8. The summed E-state index contributed by atoms with van der Waals surface area (Å²) in [7, 11) is -5.53. The molecule has 0 bridgehead atoms. The van der Waals surface area contributed by atoms with Gasteiger partial charge in [0.2, 0.25) is 20.0 Å². The second kappa shape index (κ2) is 13.2. The van der Waals surface area contributed by atoms with Gasteiger partial charge in [-0.1, -0.05) is 6.92 Å². The summed E-state index contributed by atoms with van der Waals surface area (Å²) in [5.41, 5.74) is 0.378. The average Bonchev–Trinajstić information content (AvgIpc) is 2.79. The smallest absolute Gasteiger partial charge is 0.258 e. The van der Waals surface area contributed by atoms with E-state index in [4.69, 9.17) is 9.47 Å². The molecular weight excluding hydrogens is 522 g/mol. The summed E-state index contributed by atoms with van der Waals surface area (Å²) in [4.78, 5) is 15.4. The Morgan fingerprint density at radius 1 is 1.19 bits per heavy atom. The van der Waals surface area contributed by atoms with Crippen molar-refractivity contribution in [3.8, 4) is 5.75 Å². The molecule has 1 aromatic rings. The fourth-order valence-corrected chi connectivity index (χ4v) is 5.02. The second-order valence-corrected chi connectivity index (χ2v) is 13.8. The van der Waals surface area contributed by atoms with Crippen LogP contribution in [-0.4, -0.2) is 101 Å². The van der Waals surface area contributed by atoms with Crippen LogP contribution >= 0.6 is 0 Å². The van der Waals surface area contributed by atoms with Gasteiger partial charge in [0.1, 0.15) is 5.75 Å². The number of fused-ring (bicyclic) bond motifs is 1. The van der Waals surface area contributed by atoms with Crippen molar-refractivity contribution in [2.45, 2.75) is 58.3 Å². The molecule has 1 aromatic carbocycles. The molecular formula is C24H41N3O8S2. The molecule has 37 heavy (non-hydrogen) atoms. The number of hydrogen-bond donors (Lipinski definition) is 2. The largest absolute Gasteiger partial charge is 0.490 e. The lowest BCUT2D eigenvalue weighted by Gasteiger charge is -2.35. The van der Waals surface area contributed by atoms with Gasteiger partial charge >= 0.3 is 0 Å². The topological polar surface area (TPSA) is 143 Å². The molecule has 0 aromatic heterocycles. The molecule has 1 heterocycles. The lowest BCUT2D eigenvalue weighted by atomic mass is 10.0. The van der Waals surface area contributed by atoms with Crippen molar-refractivity contribution in [1.82, 2.24) is 9.21 Å². The SMILES string of the molecule is C[C@@H]1CCCCO[C@H](CN(C)S(C)(=O)=O)[C@H](C)CN([C@@H](C)CO)C(=O)c2cc(NS(C)(=O)=O)ccc2O1. The molecule has 0 spiro atoms. The maximum atomic E-state index is 13.9. The molecule has 2 N–H and O–H groups in total. The van der Waals surface area contributed by atoms with Gasteiger partial charge in [0.25, 0.3) is 5.91 Å². The maximum absolute atomic E-state index is 13.9. The number of amides is 1. The van der Waals surface area contributed by atoms with E-state index >= 15 is 0 Å². The lowest BCUT2D eigenvalue weighted by molar-refractivity contribution is -0.00828. The number of carbonyl (C=O) groups excluding carboxylic acids is 1. The highest BCUT2D eigenvalue weighted by molar-refractivity contribution is 7.92. The quantitative estimate of drug-likeness (QED) is 0.511. The average molecular weight is 564 g/mol. The Morgan fingerprint density at radius 2 is 1.86 bits per heavy atom. The number of nitrogens with zero attached hydrogens (tertiary/aromatic N) is 2. The van der Waals surface area contributed by atoms with Crippen molar-refractivity contribution in [3.05, 3.63) is 23.8 Å². The summed E-state index contributed by atoms with van der Waals surface area (Å²) in [5, 5.41) is 9.94. The third-order valence-corrected chi connectivity index (χ3v) is 8.25. The zero-order valence-electron chi connectivity index (χ0n) is 22.5. The van der Waals surface area contributed by atoms with E-state index in [1.54, 1.807) is 13.0 Å². The summed E-state index contributed by atoms with van der Waals surface area (Å²) in [6.07, 6.45) is 3.68. The Hall–Kier alpha value is -1.93. The van der Waals surface area contributed by atoms with Crippen LogP contribution in [0, 0.1) is 5.92 Å². The Bertz CT molecular complexity index is 1130. The molecule has 1 aliphatic rings. The Balaban J connectivity index is 2.52. The van der Waals surface area contributed by atoms with Crippen LogP contribution in [0.5, 0.6) is 5.75 Å². The number of aliphatic hydroxyl groups excluding tert-OH is 1. The standard InChI is InChI=1S/C24H41N3O8S2/c1-17-14-27(18(2)16-28)24(29)21-13-20(25-36(5,30)31)10-11-22(21)35-19(3)9-7-8-12-34-23(17)15-26(4)37(6,32)33/h10-11,13,17-19,23,25,28H,7-9,12,14-16H2,1-6H3/t17-,18+,19-,23-/m1/s1. The van der Waals surface area contributed by atoms with Gasteiger partial charge < -0.3 is 19.5 Å². The van der Waals surface area contributed by atoms with Crippen molar-refractivity contribution in [1.29, 1.82) is 0 Å². The first-order valence-corrected chi connectivity index (χ1v) is 16.1. The summed E-state index contributed by atoms with van der Waals surface area (Å²) in [5.74, 6) is -0.410. The van der Waals surface area contributed by atoms with E-state index in [1.165, 1.54) is 28.4 Å². The molecule has 0 radical (unpaired) electrons. The Morgan fingerprint density at radius 3 is 2.46 bits per heavy atom. The highest BCUT2D eigenvalue weighted by Gasteiger charge is 2.31. The minimum absolute atomic E-state index is 0.119. The molecule has 2 rings (SSSR count). The molecule has 212 valence electrons. The first-order valence-electron chi connectivity index (χ1n) is 12.4. The van der Waals surface area contributed by atoms with Gasteiger partial charge in [0.05, 0.1) is 42.9 Å². The molecule has 4 atom stereocenters. The van der Waals surface area contributed by atoms with E-state index < -0.39 is 38.1 Å². The highest BCUT2D eigenvalue weighted by Crippen LogP contribution is 2.28. The zero-order valence-corrected chi connectivity index (χ0v) is 24.1. The molecule has 0 aliphatic carbocycles. The lowest BCUT2D eigenvalue weighted by Crippen LogP contribution is -2.47. The minimum atomic E-state index is -3.58. The van der Waals surface area contributed by atoms with Crippen molar-refractivity contribution >= 4 is 31.6 Å². The predicted octanol–water partition coefficient (Wildman–Crippen LogP) is 1.75. The van der Waals surface area contributed by atoms with Crippen LogP contribution in [0.2, 0.25) is 0 Å². The number of rotatable bonds is 7. The summed E-state index contributed by atoms with van der Waals surface area (Å²) in [6, 6.07) is 3.97. The maximum Gasteiger partial charge on any atom is 0.258 e. The monoisotopic (exact) mass is 563 g/mol. The zero-order chi connectivity index (χ0) is 28.0. The first kappa shape index (κ1) is 31.3. The van der Waals surface area contributed by atoms with Crippen molar-refractivity contribution in [3.63, 3.8) is 0 Å². The van der Waals surface area contributed by atoms with Crippen molar-refractivity contribution in [2.24, 2.45) is 5.92 Å².